The van der Waals surface area contributed by atoms with E-state index in [4.69, 9.17) is 0 Å². The van der Waals surface area contributed by atoms with Crippen LogP contribution in [0.4, 0.5) is 0 Å². The van der Waals surface area contributed by atoms with Crippen molar-refractivity contribution in [3.8, 4) is 0 Å². The SMILES string of the molecule is CN(CCC=O)CCc1ccccn1. The maximum absolute atomic E-state index is 10.1. The lowest BCUT2D eigenvalue weighted by Gasteiger charge is -2.14. The summed E-state index contributed by atoms with van der Waals surface area (Å²) in [6.07, 6.45) is 4.31. The van der Waals surface area contributed by atoms with Gasteiger partial charge >= 0.3 is 0 Å². The average Bonchev–Trinajstić information content (AvgIpc) is 2.25. The fourth-order valence-corrected chi connectivity index (χ4v) is 1.24. The van der Waals surface area contributed by atoms with E-state index in [0.29, 0.717) is 6.42 Å². The van der Waals surface area contributed by atoms with E-state index in [2.05, 4.69) is 9.88 Å². The van der Waals surface area contributed by atoms with Crippen LogP contribution in [0.25, 0.3) is 0 Å². The molecule has 0 amide bonds. The summed E-state index contributed by atoms with van der Waals surface area (Å²) >= 11 is 0. The summed E-state index contributed by atoms with van der Waals surface area (Å²) in [4.78, 5) is 16.5. The summed E-state index contributed by atoms with van der Waals surface area (Å²) in [5, 5.41) is 0. The third-order valence-corrected chi connectivity index (χ3v) is 2.10. The molecule has 3 heteroatoms. The molecule has 0 aliphatic carbocycles. The summed E-state index contributed by atoms with van der Waals surface area (Å²) in [6.45, 7) is 1.78. The Balaban J connectivity index is 2.23. The Labute approximate surface area is 84.8 Å². The normalized spacial score (nSPS) is 10.4. The third-order valence-electron chi connectivity index (χ3n) is 2.10. The predicted octanol–water partition coefficient (Wildman–Crippen LogP) is 1.14. The highest BCUT2D eigenvalue weighted by molar-refractivity contribution is 5.49. The predicted molar refractivity (Wildman–Crippen MR) is 56.1 cm³/mol. The fourth-order valence-electron chi connectivity index (χ4n) is 1.24. The molecule has 1 aromatic rings. The van der Waals surface area contributed by atoms with E-state index in [0.717, 1.165) is 31.5 Å². The van der Waals surface area contributed by atoms with Crippen LogP contribution in [0, 0.1) is 0 Å². The zero-order valence-electron chi connectivity index (χ0n) is 8.52. The van der Waals surface area contributed by atoms with Gasteiger partial charge in [0, 0.05) is 37.8 Å². The van der Waals surface area contributed by atoms with Crippen LogP contribution >= 0.6 is 0 Å². The molecule has 0 bridgehead atoms. The largest absolute Gasteiger partial charge is 0.306 e. The third kappa shape index (κ3) is 4.14. The van der Waals surface area contributed by atoms with Gasteiger partial charge in [-0.2, -0.15) is 0 Å². The van der Waals surface area contributed by atoms with E-state index < -0.39 is 0 Å². The van der Waals surface area contributed by atoms with Gasteiger partial charge in [-0.25, -0.2) is 0 Å². The second-order valence-corrected chi connectivity index (χ2v) is 3.33. The summed E-state index contributed by atoms with van der Waals surface area (Å²) in [7, 11) is 2.02. The number of carbonyl (C=O) groups excluding carboxylic acids is 1. The van der Waals surface area contributed by atoms with E-state index in [1.54, 1.807) is 6.20 Å². The number of likely N-dealkylation sites (N-methyl/N-ethyl adjacent to an activating group) is 1. The molecular weight excluding hydrogens is 176 g/mol. The first-order valence-electron chi connectivity index (χ1n) is 4.85. The highest BCUT2D eigenvalue weighted by Crippen LogP contribution is 1.96. The Morgan fingerprint density at radius 3 is 2.93 bits per heavy atom. The fraction of sp³-hybridized carbons (Fsp3) is 0.455. The summed E-state index contributed by atoms with van der Waals surface area (Å²) < 4.78 is 0. The molecule has 0 aliphatic rings. The van der Waals surface area contributed by atoms with Gasteiger partial charge in [0.25, 0.3) is 0 Å². The van der Waals surface area contributed by atoms with Crippen LogP contribution in [0.3, 0.4) is 0 Å². The zero-order chi connectivity index (χ0) is 10.2. The molecule has 1 aromatic heterocycles. The van der Waals surface area contributed by atoms with Crippen molar-refractivity contribution in [2.45, 2.75) is 12.8 Å². The lowest BCUT2D eigenvalue weighted by atomic mass is 10.2. The van der Waals surface area contributed by atoms with Crippen LogP contribution in [-0.4, -0.2) is 36.3 Å². The van der Waals surface area contributed by atoms with Gasteiger partial charge in [0.2, 0.25) is 0 Å². The van der Waals surface area contributed by atoms with E-state index in [9.17, 15) is 4.79 Å². The van der Waals surface area contributed by atoms with Crippen molar-refractivity contribution in [3.05, 3.63) is 30.1 Å². The Bertz CT molecular complexity index is 261. The molecule has 0 aliphatic heterocycles. The molecule has 1 heterocycles. The Kier molecular flexibility index (Phi) is 4.86. The average molecular weight is 192 g/mol. The number of nitrogens with zero attached hydrogens (tertiary/aromatic N) is 2. The number of aromatic nitrogens is 1. The first kappa shape index (κ1) is 10.9. The van der Waals surface area contributed by atoms with E-state index >= 15 is 0 Å². The van der Waals surface area contributed by atoms with Gasteiger partial charge in [-0.05, 0) is 19.2 Å². The zero-order valence-corrected chi connectivity index (χ0v) is 8.52. The van der Waals surface area contributed by atoms with Crippen LogP contribution in [-0.2, 0) is 11.2 Å². The maximum Gasteiger partial charge on any atom is 0.121 e. The van der Waals surface area contributed by atoms with Crippen molar-refractivity contribution in [3.63, 3.8) is 0 Å². The monoisotopic (exact) mass is 192 g/mol. The molecule has 14 heavy (non-hydrogen) atoms. The Morgan fingerprint density at radius 2 is 2.29 bits per heavy atom. The van der Waals surface area contributed by atoms with Gasteiger partial charge in [-0.1, -0.05) is 6.07 Å². The van der Waals surface area contributed by atoms with Crippen LogP contribution < -0.4 is 0 Å². The number of hydrogen-bond acceptors (Lipinski definition) is 3. The molecule has 76 valence electrons. The number of aldehydes is 1. The van der Waals surface area contributed by atoms with Gasteiger partial charge in [0.05, 0.1) is 0 Å². The highest BCUT2D eigenvalue weighted by Gasteiger charge is 1.98. The van der Waals surface area contributed by atoms with Crippen molar-refractivity contribution < 1.29 is 4.79 Å². The molecule has 0 spiro atoms. The molecule has 0 aromatic carbocycles. The Hall–Kier alpha value is -1.22. The molecular formula is C11H16N2O. The summed E-state index contributed by atoms with van der Waals surface area (Å²) in [5.74, 6) is 0. The molecule has 0 saturated carbocycles. The highest BCUT2D eigenvalue weighted by atomic mass is 16.1. The van der Waals surface area contributed by atoms with E-state index in [-0.39, 0.29) is 0 Å². The first-order chi connectivity index (χ1) is 6.83. The van der Waals surface area contributed by atoms with Crippen LogP contribution in [0.15, 0.2) is 24.4 Å². The first-order valence-corrected chi connectivity index (χ1v) is 4.85. The van der Waals surface area contributed by atoms with Crippen LogP contribution in [0.2, 0.25) is 0 Å². The van der Waals surface area contributed by atoms with Crippen molar-refractivity contribution in [1.82, 2.24) is 9.88 Å². The van der Waals surface area contributed by atoms with Crippen LogP contribution in [0.5, 0.6) is 0 Å². The molecule has 0 unspecified atom stereocenters. The minimum Gasteiger partial charge on any atom is -0.306 e. The molecule has 0 saturated heterocycles. The smallest absolute Gasteiger partial charge is 0.121 e. The van der Waals surface area contributed by atoms with E-state index in [1.165, 1.54) is 0 Å². The van der Waals surface area contributed by atoms with E-state index in [1.807, 2.05) is 25.2 Å². The van der Waals surface area contributed by atoms with Crippen molar-refractivity contribution in [2.75, 3.05) is 20.1 Å². The molecule has 0 radical (unpaired) electrons. The van der Waals surface area contributed by atoms with Gasteiger partial charge in [0.15, 0.2) is 0 Å². The second kappa shape index (κ2) is 6.27. The molecule has 0 fully saturated rings. The Morgan fingerprint density at radius 1 is 1.43 bits per heavy atom. The van der Waals surface area contributed by atoms with Gasteiger partial charge in [-0.3, -0.25) is 4.98 Å². The number of pyridine rings is 1. The summed E-state index contributed by atoms with van der Waals surface area (Å²) in [5.41, 5.74) is 1.10. The molecule has 0 N–H and O–H groups in total. The van der Waals surface area contributed by atoms with Crippen molar-refractivity contribution in [2.24, 2.45) is 0 Å². The number of rotatable bonds is 6. The van der Waals surface area contributed by atoms with Crippen molar-refractivity contribution >= 4 is 6.29 Å². The lowest BCUT2D eigenvalue weighted by molar-refractivity contribution is -0.108. The van der Waals surface area contributed by atoms with Gasteiger partial charge in [-0.15, -0.1) is 0 Å². The molecule has 1 rings (SSSR count). The number of hydrogen-bond donors (Lipinski definition) is 0. The van der Waals surface area contributed by atoms with Gasteiger partial charge in [0.1, 0.15) is 6.29 Å². The van der Waals surface area contributed by atoms with Crippen LogP contribution in [0.1, 0.15) is 12.1 Å². The van der Waals surface area contributed by atoms with Crippen molar-refractivity contribution in [1.29, 1.82) is 0 Å². The lowest BCUT2D eigenvalue weighted by Crippen LogP contribution is -2.22. The second-order valence-electron chi connectivity index (χ2n) is 3.33. The molecule has 0 atom stereocenters. The minimum absolute atomic E-state index is 0.610. The summed E-state index contributed by atoms with van der Waals surface area (Å²) in [6, 6.07) is 5.93. The standard InChI is InChI=1S/C11H16N2O/c1-13(8-4-10-14)9-6-11-5-2-3-7-12-11/h2-3,5,7,10H,4,6,8-9H2,1H3. The topological polar surface area (TPSA) is 33.2 Å². The quantitative estimate of drug-likeness (QED) is 0.634. The van der Waals surface area contributed by atoms with Gasteiger partial charge < -0.3 is 9.69 Å². The molecule has 3 nitrogen and oxygen atoms in total. The number of carbonyl (C=O) groups is 1. The minimum atomic E-state index is 0.610. The maximum atomic E-state index is 10.1.